The third-order valence-corrected chi connectivity index (χ3v) is 2.63. The molecular weight excluding hydrogens is 226 g/mol. The first-order valence-corrected chi connectivity index (χ1v) is 5.58. The van der Waals surface area contributed by atoms with E-state index in [4.69, 9.17) is 16.9 Å². The predicted octanol–water partition coefficient (Wildman–Crippen LogP) is 0.801. The van der Waals surface area contributed by atoms with Crippen LogP contribution in [0.1, 0.15) is 12.1 Å². The van der Waals surface area contributed by atoms with E-state index in [1.54, 1.807) is 6.07 Å². The molecule has 1 N–H and O–H groups in total. The molecule has 1 aromatic heterocycles. The Hall–Kier alpha value is -1.38. The van der Waals surface area contributed by atoms with E-state index >= 15 is 0 Å². The third kappa shape index (κ3) is 2.60. The molecule has 0 unspecified atom stereocenters. The summed E-state index contributed by atoms with van der Waals surface area (Å²) in [6, 6.07) is 3.66. The summed E-state index contributed by atoms with van der Waals surface area (Å²) in [6.07, 6.45) is 1.06. The van der Waals surface area contributed by atoms with Gasteiger partial charge in [0.05, 0.1) is 0 Å². The maximum atomic E-state index is 8.81. The first kappa shape index (κ1) is 11.1. The van der Waals surface area contributed by atoms with Crippen LogP contribution in [0, 0.1) is 11.3 Å². The predicted molar refractivity (Wildman–Crippen MR) is 61.5 cm³/mol. The van der Waals surface area contributed by atoms with E-state index in [9.17, 15) is 0 Å². The number of hydrogen-bond acceptors (Lipinski definition) is 5. The minimum Gasteiger partial charge on any atom is -0.355 e. The summed E-state index contributed by atoms with van der Waals surface area (Å²) in [5.74, 6) is 0.736. The number of rotatable bonds is 1. The summed E-state index contributed by atoms with van der Waals surface area (Å²) in [5, 5.41) is 12.2. The van der Waals surface area contributed by atoms with Gasteiger partial charge in [-0.3, -0.25) is 0 Å². The number of nitrogens with one attached hydrogen (secondary N) is 1. The molecule has 1 aromatic rings. The van der Waals surface area contributed by atoms with Crippen molar-refractivity contribution in [1.82, 2.24) is 15.3 Å². The van der Waals surface area contributed by atoms with Gasteiger partial charge >= 0.3 is 0 Å². The monoisotopic (exact) mass is 237 g/mol. The fraction of sp³-hybridized carbons (Fsp3) is 0.500. The van der Waals surface area contributed by atoms with E-state index in [2.05, 4.69) is 20.2 Å². The highest BCUT2D eigenvalue weighted by atomic mass is 35.5. The molecule has 6 heteroatoms. The second-order valence-corrected chi connectivity index (χ2v) is 3.92. The molecule has 5 nitrogen and oxygen atoms in total. The Labute approximate surface area is 99.1 Å². The highest BCUT2D eigenvalue weighted by Crippen LogP contribution is 2.15. The maximum Gasteiger partial charge on any atom is 0.225 e. The molecule has 0 spiro atoms. The zero-order chi connectivity index (χ0) is 11.4. The lowest BCUT2D eigenvalue weighted by Gasteiger charge is -2.20. The van der Waals surface area contributed by atoms with Gasteiger partial charge in [-0.2, -0.15) is 5.26 Å². The lowest BCUT2D eigenvalue weighted by Crippen LogP contribution is -2.28. The number of hydrogen-bond donors (Lipinski definition) is 1. The highest BCUT2D eigenvalue weighted by Gasteiger charge is 2.12. The van der Waals surface area contributed by atoms with Crippen molar-refractivity contribution in [3.63, 3.8) is 0 Å². The molecule has 0 atom stereocenters. The molecule has 0 aliphatic carbocycles. The fourth-order valence-corrected chi connectivity index (χ4v) is 1.88. The quantitative estimate of drug-likeness (QED) is 0.732. The summed E-state index contributed by atoms with van der Waals surface area (Å²) in [7, 11) is 0. The Balaban J connectivity index is 2.24. The fourth-order valence-electron chi connectivity index (χ4n) is 1.70. The van der Waals surface area contributed by atoms with Gasteiger partial charge in [0.2, 0.25) is 5.28 Å². The molecule has 2 rings (SSSR count). The molecule has 1 saturated heterocycles. The lowest BCUT2D eigenvalue weighted by atomic mass is 10.3. The van der Waals surface area contributed by atoms with Crippen LogP contribution in [0.5, 0.6) is 0 Å². The van der Waals surface area contributed by atoms with Gasteiger partial charge in [-0.25, -0.2) is 9.97 Å². The Kier molecular flexibility index (Phi) is 3.54. The van der Waals surface area contributed by atoms with Gasteiger partial charge in [0.25, 0.3) is 0 Å². The van der Waals surface area contributed by atoms with Gasteiger partial charge in [0, 0.05) is 25.7 Å². The molecule has 0 saturated carbocycles. The smallest absolute Gasteiger partial charge is 0.225 e. The van der Waals surface area contributed by atoms with Gasteiger partial charge in [-0.05, 0) is 24.6 Å². The number of halogens is 1. The van der Waals surface area contributed by atoms with Crippen LogP contribution < -0.4 is 10.2 Å². The molecule has 0 bridgehead atoms. The van der Waals surface area contributed by atoms with Crippen LogP contribution >= 0.6 is 11.6 Å². The Morgan fingerprint density at radius 2 is 2.25 bits per heavy atom. The van der Waals surface area contributed by atoms with Crippen molar-refractivity contribution in [2.45, 2.75) is 6.42 Å². The summed E-state index contributed by atoms with van der Waals surface area (Å²) in [5.41, 5.74) is 0.312. The van der Waals surface area contributed by atoms with Gasteiger partial charge in [0.1, 0.15) is 17.6 Å². The van der Waals surface area contributed by atoms with E-state index in [1.165, 1.54) is 0 Å². The molecular formula is C10H12ClN5. The number of aromatic nitrogens is 2. The van der Waals surface area contributed by atoms with Crippen LogP contribution in [0.25, 0.3) is 0 Å². The molecule has 2 heterocycles. The standard InChI is InChI=1S/C10H12ClN5/c11-10-14-8(7-12)6-9(15-10)16-4-1-2-13-3-5-16/h6,13H,1-5H2. The van der Waals surface area contributed by atoms with Gasteiger partial charge in [-0.1, -0.05) is 0 Å². The number of anilines is 1. The van der Waals surface area contributed by atoms with Crippen molar-refractivity contribution < 1.29 is 0 Å². The molecule has 0 radical (unpaired) electrons. The molecule has 0 aromatic carbocycles. The van der Waals surface area contributed by atoms with Crippen LogP contribution in [0.4, 0.5) is 5.82 Å². The Morgan fingerprint density at radius 3 is 3.06 bits per heavy atom. The number of nitriles is 1. The molecule has 84 valence electrons. The van der Waals surface area contributed by atoms with Crippen molar-refractivity contribution >= 4 is 17.4 Å². The number of nitrogens with zero attached hydrogens (tertiary/aromatic N) is 4. The minimum atomic E-state index is 0.131. The van der Waals surface area contributed by atoms with Crippen LogP contribution in [0.15, 0.2) is 6.07 Å². The average molecular weight is 238 g/mol. The SMILES string of the molecule is N#Cc1cc(N2CCCNCC2)nc(Cl)n1. The first-order chi connectivity index (χ1) is 7.79. The second-order valence-electron chi connectivity index (χ2n) is 3.58. The summed E-state index contributed by atoms with van der Waals surface area (Å²) >= 11 is 5.77. The Bertz CT molecular complexity index is 406. The molecule has 0 amide bonds. The second kappa shape index (κ2) is 5.10. The maximum absolute atomic E-state index is 8.81. The van der Waals surface area contributed by atoms with Gasteiger partial charge in [-0.15, -0.1) is 0 Å². The molecule has 1 fully saturated rings. The van der Waals surface area contributed by atoms with E-state index < -0.39 is 0 Å². The molecule has 1 aliphatic rings. The van der Waals surface area contributed by atoms with Gasteiger partial charge in [0.15, 0.2) is 0 Å². The zero-order valence-corrected chi connectivity index (χ0v) is 9.54. The highest BCUT2D eigenvalue weighted by molar-refractivity contribution is 6.28. The largest absolute Gasteiger partial charge is 0.355 e. The van der Waals surface area contributed by atoms with E-state index in [0.717, 1.165) is 38.4 Å². The summed E-state index contributed by atoms with van der Waals surface area (Å²) < 4.78 is 0. The van der Waals surface area contributed by atoms with Crippen molar-refractivity contribution in [3.05, 3.63) is 17.0 Å². The van der Waals surface area contributed by atoms with E-state index in [0.29, 0.717) is 5.69 Å². The summed E-state index contributed by atoms with van der Waals surface area (Å²) in [6.45, 7) is 3.73. The molecule has 1 aliphatic heterocycles. The zero-order valence-electron chi connectivity index (χ0n) is 8.78. The lowest BCUT2D eigenvalue weighted by molar-refractivity contribution is 0.724. The molecule has 16 heavy (non-hydrogen) atoms. The van der Waals surface area contributed by atoms with Crippen molar-refractivity contribution in [2.75, 3.05) is 31.1 Å². The van der Waals surface area contributed by atoms with Crippen molar-refractivity contribution in [1.29, 1.82) is 5.26 Å². The average Bonchev–Trinajstić information content (AvgIpc) is 2.56. The van der Waals surface area contributed by atoms with E-state index in [-0.39, 0.29) is 5.28 Å². The van der Waals surface area contributed by atoms with Crippen molar-refractivity contribution in [3.8, 4) is 6.07 Å². The third-order valence-electron chi connectivity index (χ3n) is 2.46. The summed E-state index contributed by atoms with van der Waals surface area (Å²) in [4.78, 5) is 10.1. The van der Waals surface area contributed by atoms with Crippen LogP contribution in [0.2, 0.25) is 5.28 Å². The van der Waals surface area contributed by atoms with Crippen LogP contribution in [-0.2, 0) is 0 Å². The topological polar surface area (TPSA) is 64.8 Å². The van der Waals surface area contributed by atoms with Crippen molar-refractivity contribution in [2.24, 2.45) is 0 Å². The first-order valence-electron chi connectivity index (χ1n) is 5.20. The van der Waals surface area contributed by atoms with Crippen LogP contribution in [-0.4, -0.2) is 36.1 Å². The Morgan fingerprint density at radius 1 is 1.38 bits per heavy atom. The van der Waals surface area contributed by atoms with E-state index in [1.807, 2.05) is 6.07 Å². The minimum absolute atomic E-state index is 0.131. The van der Waals surface area contributed by atoms with Crippen LogP contribution in [0.3, 0.4) is 0 Å². The normalized spacial score (nSPS) is 16.6. The van der Waals surface area contributed by atoms with Gasteiger partial charge < -0.3 is 10.2 Å².